The summed E-state index contributed by atoms with van der Waals surface area (Å²) in [4.78, 5) is 65.1. The molecule has 1 spiro atoms. The van der Waals surface area contributed by atoms with Gasteiger partial charge in [-0.25, -0.2) is 18.4 Å². The molecule has 2 aromatic rings. The molecule has 0 radical (unpaired) electrons. The summed E-state index contributed by atoms with van der Waals surface area (Å²) in [6, 6.07) is 2.79. The Labute approximate surface area is 298 Å². The van der Waals surface area contributed by atoms with E-state index in [0.29, 0.717) is 12.5 Å². The summed E-state index contributed by atoms with van der Waals surface area (Å²) in [5.74, 6) is -4.40. The zero-order chi connectivity index (χ0) is 38.2. The van der Waals surface area contributed by atoms with Crippen molar-refractivity contribution in [3.05, 3.63) is 63.1 Å². The Morgan fingerprint density at radius 3 is 2.23 bits per heavy atom. The highest BCUT2D eigenvalue weighted by Crippen LogP contribution is 2.40. The summed E-state index contributed by atoms with van der Waals surface area (Å²) in [5.41, 5.74) is -3.27. The van der Waals surface area contributed by atoms with E-state index in [1.165, 1.54) is 16.6 Å². The van der Waals surface area contributed by atoms with Crippen molar-refractivity contribution in [2.45, 2.75) is 65.0 Å². The number of amides is 2. The molecule has 2 amide bonds. The predicted molar refractivity (Wildman–Crippen MR) is 177 cm³/mol. The molecule has 1 saturated heterocycles. The van der Waals surface area contributed by atoms with E-state index in [-0.39, 0.29) is 37.9 Å². The number of fused-ring (bicyclic) bond motifs is 1. The fourth-order valence-electron chi connectivity index (χ4n) is 5.36. The van der Waals surface area contributed by atoms with Crippen LogP contribution in [0.4, 0.5) is 18.4 Å². The summed E-state index contributed by atoms with van der Waals surface area (Å²) < 4.78 is 65.5. The SMILES string of the molecule is CC(C)OC(=O)OCOP(CCCN1n2cc(C(=O)NCc3ccc(F)cc3F)c(=O)c(O)c2C(=O)N(C)C12CCOC2)OCOC(=O)OC(C)C. The molecule has 1 atom stereocenters. The summed E-state index contributed by atoms with van der Waals surface area (Å²) in [6.07, 6.45) is -1.02. The van der Waals surface area contributed by atoms with Gasteiger partial charge in [-0.3, -0.25) is 33.1 Å². The lowest BCUT2D eigenvalue weighted by Crippen LogP contribution is -2.70. The summed E-state index contributed by atoms with van der Waals surface area (Å²) in [7, 11) is -0.396. The number of benzene rings is 1. The van der Waals surface area contributed by atoms with E-state index in [2.05, 4.69) is 5.32 Å². The fraction of sp³-hybridized carbons (Fsp3) is 0.531. The van der Waals surface area contributed by atoms with Crippen molar-refractivity contribution < 1.29 is 65.8 Å². The minimum atomic E-state index is -1.89. The van der Waals surface area contributed by atoms with Crippen molar-refractivity contribution in [2.75, 3.05) is 51.6 Å². The molecule has 17 nitrogen and oxygen atoms in total. The maximum absolute atomic E-state index is 14.2. The van der Waals surface area contributed by atoms with Crippen molar-refractivity contribution in [2.24, 2.45) is 0 Å². The van der Waals surface area contributed by atoms with Crippen LogP contribution >= 0.6 is 8.38 Å². The first-order valence-electron chi connectivity index (χ1n) is 16.2. The summed E-state index contributed by atoms with van der Waals surface area (Å²) >= 11 is 0. The van der Waals surface area contributed by atoms with Crippen molar-refractivity contribution in [3.63, 3.8) is 0 Å². The molecule has 1 fully saturated rings. The minimum Gasteiger partial charge on any atom is -0.502 e. The molecule has 52 heavy (non-hydrogen) atoms. The molecular weight excluding hydrogens is 717 g/mol. The van der Waals surface area contributed by atoms with Gasteiger partial charge in [0.25, 0.3) is 11.8 Å². The lowest BCUT2D eigenvalue weighted by molar-refractivity contribution is -0.0237. The smallest absolute Gasteiger partial charge is 0.502 e. The van der Waals surface area contributed by atoms with Crippen molar-refractivity contribution in [1.29, 1.82) is 0 Å². The van der Waals surface area contributed by atoms with Crippen LogP contribution < -0.4 is 15.8 Å². The van der Waals surface area contributed by atoms with Gasteiger partial charge in [-0.15, -0.1) is 0 Å². The standard InChI is InChI=1S/C32H41F2N4O13P/c1-19(2)50-30(43)46-17-48-52(49-18-47-31(44)51-20(3)4)12-6-10-38-32(9-11-45-16-32)36(5)29(42)25-27(40)26(39)23(15-37(25)38)28(41)35-14-21-7-8-22(33)13-24(21)34/h7-8,13,15,19-20,40H,6,9-12,14,16-18H2,1-5H3,(H,35,41). The number of nitrogens with one attached hydrogen (secondary N) is 1. The van der Waals surface area contributed by atoms with E-state index < -0.39 is 105 Å². The first kappa shape index (κ1) is 40.2. The second kappa shape index (κ2) is 17.8. The third-order valence-corrected chi connectivity index (χ3v) is 9.31. The van der Waals surface area contributed by atoms with Gasteiger partial charge in [0.2, 0.25) is 19.0 Å². The minimum absolute atomic E-state index is 0.0340. The molecule has 1 aromatic heterocycles. The molecule has 0 aliphatic carbocycles. The summed E-state index contributed by atoms with van der Waals surface area (Å²) in [5, 5.41) is 15.1. The molecule has 0 bridgehead atoms. The van der Waals surface area contributed by atoms with Crippen LogP contribution in [0.2, 0.25) is 0 Å². The van der Waals surface area contributed by atoms with Crippen molar-refractivity contribution in [3.8, 4) is 5.75 Å². The lowest BCUT2D eigenvalue weighted by Gasteiger charge is -2.52. The lowest BCUT2D eigenvalue weighted by atomic mass is 10.0. The molecule has 4 rings (SSSR count). The van der Waals surface area contributed by atoms with Gasteiger partial charge < -0.3 is 39.0 Å². The average Bonchev–Trinajstić information content (AvgIpc) is 3.56. The van der Waals surface area contributed by atoms with Gasteiger partial charge >= 0.3 is 12.3 Å². The van der Waals surface area contributed by atoms with E-state index in [0.717, 1.165) is 18.3 Å². The van der Waals surface area contributed by atoms with Crippen LogP contribution in [0.15, 0.2) is 29.2 Å². The molecule has 1 aromatic carbocycles. The molecule has 286 valence electrons. The number of halogens is 2. The number of hydrogen-bond donors (Lipinski definition) is 2. The van der Waals surface area contributed by atoms with Crippen molar-refractivity contribution in [1.82, 2.24) is 14.9 Å². The van der Waals surface area contributed by atoms with Crippen LogP contribution in [0.5, 0.6) is 5.75 Å². The maximum Gasteiger partial charge on any atom is 0.510 e. The Bertz CT molecular complexity index is 1660. The molecule has 1 unspecified atom stereocenters. The third-order valence-electron chi connectivity index (χ3n) is 7.84. The number of rotatable bonds is 15. The number of aromatic hydroxyl groups is 1. The normalized spacial score (nSPS) is 16.8. The highest BCUT2D eigenvalue weighted by Gasteiger charge is 2.52. The largest absolute Gasteiger partial charge is 0.510 e. The number of pyridine rings is 1. The molecule has 2 aliphatic rings. The highest BCUT2D eigenvalue weighted by atomic mass is 31.2. The van der Waals surface area contributed by atoms with Gasteiger partial charge in [-0.1, -0.05) is 6.07 Å². The second-order valence-corrected chi connectivity index (χ2v) is 13.8. The van der Waals surface area contributed by atoms with Crippen LogP contribution in [-0.2, 0) is 39.3 Å². The molecular formula is C32H41F2N4O13P. The first-order chi connectivity index (χ1) is 24.6. The highest BCUT2D eigenvalue weighted by molar-refractivity contribution is 7.47. The Morgan fingerprint density at radius 2 is 1.67 bits per heavy atom. The van der Waals surface area contributed by atoms with E-state index >= 15 is 0 Å². The number of aromatic nitrogens is 1. The molecule has 3 heterocycles. The van der Waals surface area contributed by atoms with Crippen LogP contribution in [0, 0.1) is 11.6 Å². The molecule has 20 heteroatoms. The van der Waals surface area contributed by atoms with Gasteiger partial charge in [0, 0.05) is 50.5 Å². The zero-order valence-electron chi connectivity index (χ0n) is 29.2. The fourth-order valence-corrected chi connectivity index (χ4v) is 6.43. The van der Waals surface area contributed by atoms with Gasteiger partial charge in [0.1, 0.15) is 17.2 Å². The van der Waals surface area contributed by atoms with Gasteiger partial charge in [0.15, 0.2) is 25.5 Å². The van der Waals surface area contributed by atoms with E-state index in [1.54, 1.807) is 32.7 Å². The quantitative estimate of drug-likeness (QED) is 0.152. The first-order valence-corrected chi connectivity index (χ1v) is 17.6. The molecule has 0 saturated carbocycles. The number of carbonyl (C=O) groups is 4. The average molecular weight is 759 g/mol. The summed E-state index contributed by atoms with van der Waals surface area (Å²) in [6.45, 7) is 5.43. The predicted octanol–water partition coefficient (Wildman–Crippen LogP) is 3.68. The Balaban J connectivity index is 1.57. The van der Waals surface area contributed by atoms with E-state index in [1.807, 2.05) is 0 Å². The third kappa shape index (κ3) is 9.64. The molecule has 2 N–H and O–H groups in total. The Morgan fingerprint density at radius 1 is 1.04 bits per heavy atom. The van der Waals surface area contributed by atoms with Gasteiger partial charge in [0.05, 0.1) is 25.4 Å². The Kier molecular flexibility index (Phi) is 13.7. The molecule has 2 aliphatic heterocycles. The topological polar surface area (TPSA) is 194 Å². The van der Waals surface area contributed by atoms with Crippen LogP contribution in [0.1, 0.15) is 66.9 Å². The number of nitrogens with zero attached hydrogens (tertiary/aromatic N) is 3. The van der Waals surface area contributed by atoms with Gasteiger partial charge in [-0.05, 0) is 40.2 Å². The van der Waals surface area contributed by atoms with Crippen LogP contribution in [0.25, 0.3) is 0 Å². The van der Waals surface area contributed by atoms with Crippen LogP contribution in [0.3, 0.4) is 0 Å². The monoisotopic (exact) mass is 758 g/mol. The zero-order valence-corrected chi connectivity index (χ0v) is 30.1. The number of likely N-dealkylation sites (N-methyl/N-ethyl adjacent to an activating group) is 1. The number of hydrogen-bond acceptors (Lipinski definition) is 14. The van der Waals surface area contributed by atoms with E-state index in [9.17, 15) is 37.9 Å². The maximum atomic E-state index is 14.2. The van der Waals surface area contributed by atoms with E-state index in [4.69, 9.17) is 32.7 Å². The number of ether oxygens (including phenoxy) is 5. The van der Waals surface area contributed by atoms with Crippen LogP contribution in [-0.4, -0.2) is 103 Å². The number of carbonyl (C=O) groups excluding carboxylic acids is 4. The van der Waals surface area contributed by atoms with Gasteiger partial charge in [-0.2, -0.15) is 0 Å². The van der Waals surface area contributed by atoms with Crippen molar-refractivity contribution >= 4 is 32.5 Å². The second-order valence-electron chi connectivity index (χ2n) is 12.1. The Hall–Kier alpha value is -4.58.